The van der Waals surface area contributed by atoms with E-state index in [0.717, 1.165) is 18.5 Å². The van der Waals surface area contributed by atoms with Crippen molar-refractivity contribution in [3.63, 3.8) is 0 Å². The van der Waals surface area contributed by atoms with E-state index in [9.17, 15) is 5.11 Å². The van der Waals surface area contributed by atoms with Gasteiger partial charge in [0.15, 0.2) is 0 Å². The van der Waals surface area contributed by atoms with Crippen LogP contribution in [-0.4, -0.2) is 11.7 Å². The highest BCUT2D eigenvalue weighted by atomic mass is 16.3. The third-order valence-electron chi connectivity index (χ3n) is 3.45. The van der Waals surface area contributed by atoms with Crippen molar-refractivity contribution in [2.45, 2.75) is 13.0 Å². The third kappa shape index (κ3) is 1.88. The minimum Gasteiger partial charge on any atom is -0.508 e. The molecule has 0 amide bonds. The minimum atomic E-state index is 0.314. The van der Waals surface area contributed by atoms with Gasteiger partial charge in [0, 0.05) is 30.0 Å². The molecule has 0 aromatic heterocycles. The number of benzene rings is 2. The number of hydrogen-bond acceptors (Lipinski definition) is 3. The first-order chi connectivity index (χ1) is 8.74. The predicted molar refractivity (Wildman–Crippen MR) is 73.7 cm³/mol. The summed E-state index contributed by atoms with van der Waals surface area (Å²) >= 11 is 0. The van der Waals surface area contributed by atoms with Gasteiger partial charge in [0.2, 0.25) is 0 Å². The summed E-state index contributed by atoms with van der Waals surface area (Å²) in [4.78, 5) is 2.28. The van der Waals surface area contributed by atoms with Gasteiger partial charge in [-0.05, 0) is 36.2 Å². The van der Waals surface area contributed by atoms with Crippen molar-refractivity contribution < 1.29 is 5.11 Å². The molecule has 92 valence electrons. The summed E-state index contributed by atoms with van der Waals surface area (Å²) in [6, 6.07) is 13.6. The number of nitrogen functional groups attached to an aromatic ring is 1. The molecule has 0 aliphatic carbocycles. The lowest BCUT2D eigenvalue weighted by Gasteiger charge is -2.20. The molecule has 0 radical (unpaired) electrons. The number of para-hydroxylation sites is 1. The maximum absolute atomic E-state index is 9.86. The first-order valence-corrected chi connectivity index (χ1v) is 6.14. The van der Waals surface area contributed by atoms with E-state index in [1.165, 1.54) is 11.3 Å². The molecule has 1 aliphatic heterocycles. The molecule has 3 nitrogen and oxygen atoms in total. The van der Waals surface area contributed by atoms with E-state index in [2.05, 4.69) is 29.2 Å². The zero-order valence-corrected chi connectivity index (χ0v) is 10.1. The second kappa shape index (κ2) is 4.26. The molecule has 0 bridgehead atoms. The number of rotatable bonds is 2. The van der Waals surface area contributed by atoms with Gasteiger partial charge in [-0.15, -0.1) is 0 Å². The smallest absolute Gasteiger partial charge is 0.120 e. The maximum atomic E-state index is 9.86. The number of nitrogens with zero attached hydrogens (tertiary/aromatic N) is 1. The van der Waals surface area contributed by atoms with E-state index in [-0.39, 0.29) is 0 Å². The Morgan fingerprint density at radius 1 is 1.17 bits per heavy atom. The molecule has 0 unspecified atom stereocenters. The Bertz CT molecular complexity index is 580. The molecule has 0 saturated carbocycles. The van der Waals surface area contributed by atoms with Crippen molar-refractivity contribution in [1.82, 2.24) is 0 Å². The van der Waals surface area contributed by atoms with Crippen LogP contribution in [0.3, 0.4) is 0 Å². The molecule has 1 aliphatic rings. The highest BCUT2D eigenvalue weighted by molar-refractivity contribution is 5.59. The number of aromatic hydroxyl groups is 1. The molecule has 0 spiro atoms. The largest absolute Gasteiger partial charge is 0.508 e. The van der Waals surface area contributed by atoms with Crippen LogP contribution in [0.4, 0.5) is 11.4 Å². The summed E-state index contributed by atoms with van der Waals surface area (Å²) < 4.78 is 0. The molecule has 2 aromatic rings. The van der Waals surface area contributed by atoms with Crippen molar-refractivity contribution in [1.29, 1.82) is 0 Å². The quantitative estimate of drug-likeness (QED) is 0.626. The van der Waals surface area contributed by atoms with Crippen LogP contribution in [0.5, 0.6) is 5.75 Å². The molecular weight excluding hydrogens is 224 g/mol. The summed E-state index contributed by atoms with van der Waals surface area (Å²) in [7, 11) is 0. The third-order valence-corrected chi connectivity index (χ3v) is 3.45. The predicted octanol–water partition coefficient (Wildman–Crippen LogP) is 2.54. The van der Waals surface area contributed by atoms with Crippen LogP contribution in [-0.2, 0) is 13.0 Å². The van der Waals surface area contributed by atoms with E-state index in [1.807, 2.05) is 6.07 Å². The van der Waals surface area contributed by atoms with Gasteiger partial charge >= 0.3 is 0 Å². The molecule has 2 aromatic carbocycles. The van der Waals surface area contributed by atoms with E-state index >= 15 is 0 Å². The molecule has 3 heteroatoms. The monoisotopic (exact) mass is 240 g/mol. The van der Waals surface area contributed by atoms with Gasteiger partial charge in [-0.1, -0.05) is 18.2 Å². The SMILES string of the molecule is Nc1ccc(O)c(CN2CCc3ccccc32)c1. The Kier molecular flexibility index (Phi) is 2.59. The van der Waals surface area contributed by atoms with Crippen LogP contribution in [0, 0.1) is 0 Å². The van der Waals surface area contributed by atoms with Crippen molar-refractivity contribution >= 4 is 11.4 Å². The fourth-order valence-corrected chi connectivity index (χ4v) is 2.51. The van der Waals surface area contributed by atoms with E-state index in [0.29, 0.717) is 18.0 Å². The van der Waals surface area contributed by atoms with Gasteiger partial charge in [0.25, 0.3) is 0 Å². The van der Waals surface area contributed by atoms with Crippen molar-refractivity contribution in [3.05, 3.63) is 53.6 Å². The summed E-state index contributed by atoms with van der Waals surface area (Å²) in [6.45, 7) is 1.70. The molecule has 0 saturated heterocycles. The standard InChI is InChI=1S/C15H16N2O/c16-13-5-6-15(18)12(9-13)10-17-8-7-11-3-1-2-4-14(11)17/h1-6,9,18H,7-8,10,16H2. The number of nitrogens with two attached hydrogens (primary N) is 1. The molecule has 0 atom stereocenters. The van der Waals surface area contributed by atoms with Crippen LogP contribution >= 0.6 is 0 Å². The van der Waals surface area contributed by atoms with Gasteiger partial charge in [0.05, 0.1) is 0 Å². The van der Waals surface area contributed by atoms with Gasteiger partial charge in [-0.3, -0.25) is 0 Å². The summed E-state index contributed by atoms with van der Waals surface area (Å²) in [5, 5.41) is 9.86. The van der Waals surface area contributed by atoms with Crippen LogP contribution in [0.15, 0.2) is 42.5 Å². The lowest BCUT2D eigenvalue weighted by atomic mass is 10.1. The maximum Gasteiger partial charge on any atom is 0.120 e. The van der Waals surface area contributed by atoms with Crippen LogP contribution in [0.2, 0.25) is 0 Å². The second-order valence-corrected chi connectivity index (χ2v) is 4.69. The van der Waals surface area contributed by atoms with Crippen molar-refractivity contribution in [3.8, 4) is 5.75 Å². The molecule has 1 heterocycles. The number of phenols is 1. The minimum absolute atomic E-state index is 0.314. The number of hydrogen-bond donors (Lipinski definition) is 2. The first-order valence-electron chi connectivity index (χ1n) is 6.14. The summed E-state index contributed by atoms with van der Waals surface area (Å²) in [5.74, 6) is 0.314. The lowest BCUT2D eigenvalue weighted by molar-refractivity contribution is 0.467. The second-order valence-electron chi connectivity index (χ2n) is 4.69. The van der Waals surface area contributed by atoms with E-state index in [4.69, 9.17) is 5.73 Å². The van der Waals surface area contributed by atoms with E-state index in [1.54, 1.807) is 12.1 Å². The number of anilines is 2. The summed E-state index contributed by atoms with van der Waals surface area (Å²) in [5.41, 5.74) is 9.98. The highest BCUT2D eigenvalue weighted by Gasteiger charge is 2.19. The topological polar surface area (TPSA) is 49.5 Å². The fourth-order valence-electron chi connectivity index (χ4n) is 2.51. The zero-order valence-electron chi connectivity index (χ0n) is 10.1. The van der Waals surface area contributed by atoms with Gasteiger partial charge < -0.3 is 15.7 Å². The van der Waals surface area contributed by atoms with Crippen molar-refractivity contribution in [2.75, 3.05) is 17.2 Å². The summed E-state index contributed by atoms with van der Waals surface area (Å²) in [6.07, 6.45) is 1.07. The molecule has 3 N–H and O–H groups in total. The average Bonchev–Trinajstić information content (AvgIpc) is 2.78. The van der Waals surface area contributed by atoms with Crippen LogP contribution in [0.1, 0.15) is 11.1 Å². The Morgan fingerprint density at radius 2 is 2.00 bits per heavy atom. The Morgan fingerprint density at radius 3 is 2.89 bits per heavy atom. The Labute approximate surface area is 106 Å². The highest BCUT2D eigenvalue weighted by Crippen LogP contribution is 2.31. The van der Waals surface area contributed by atoms with Gasteiger partial charge in [-0.25, -0.2) is 0 Å². The van der Waals surface area contributed by atoms with Gasteiger partial charge in [-0.2, -0.15) is 0 Å². The van der Waals surface area contributed by atoms with E-state index < -0.39 is 0 Å². The molecular formula is C15H16N2O. The Balaban J connectivity index is 1.88. The zero-order chi connectivity index (χ0) is 12.5. The molecule has 3 rings (SSSR count). The number of phenolic OH excluding ortho intramolecular Hbond substituents is 1. The average molecular weight is 240 g/mol. The van der Waals surface area contributed by atoms with Crippen molar-refractivity contribution in [2.24, 2.45) is 0 Å². The normalized spacial score (nSPS) is 13.7. The lowest BCUT2D eigenvalue weighted by Crippen LogP contribution is -2.19. The molecule has 18 heavy (non-hydrogen) atoms. The number of fused-ring (bicyclic) bond motifs is 1. The van der Waals surface area contributed by atoms with Crippen LogP contribution < -0.4 is 10.6 Å². The Hall–Kier alpha value is -2.16. The van der Waals surface area contributed by atoms with Gasteiger partial charge in [0.1, 0.15) is 5.75 Å². The van der Waals surface area contributed by atoms with Crippen LogP contribution in [0.25, 0.3) is 0 Å². The fraction of sp³-hybridized carbons (Fsp3) is 0.200. The molecule has 0 fully saturated rings. The first kappa shape index (κ1) is 11.0.